The Morgan fingerprint density at radius 1 is 1.20 bits per heavy atom. The summed E-state index contributed by atoms with van der Waals surface area (Å²) in [6, 6.07) is 10.8. The molecule has 0 fully saturated rings. The van der Waals surface area contributed by atoms with Gasteiger partial charge < -0.3 is 5.32 Å². The van der Waals surface area contributed by atoms with Crippen molar-refractivity contribution in [2.75, 3.05) is 5.32 Å². The molecule has 0 radical (unpaired) electrons. The smallest absolute Gasteiger partial charge is 0.326 e. The Balaban J connectivity index is 1.81. The van der Waals surface area contributed by atoms with Gasteiger partial charge >= 0.3 is 5.69 Å². The molecule has 1 heterocycles. The number of carbonyl (C=O) groups is 1. The molecule has 6 nitrogen and oxygen atoms in total. The number of aromatic amines is 1. The monoisotopic (exact) mass is 341 g/mol. The summed E-state index contributed by atoms with van der Waals surface area (Å²) < 4.78 is 14.6. The summed E-state index contributed by atoms with van der Waals surface area (Å²) in [5.41, 5.74) is 0.561. The predicted molar refractivity (Wildman–Crippen MR) is 93.2 cm³/mol. The fourth-order valence-electron chi connectivity index (χ4n) is 2.62. The van der Waals surface area contributed by atoms with Crippen LogP contribution in [0.3, 0.4) is 0 Å². The first-order valence-corrected chi connectivity index (χ1v) is 7.73. The van der Waals surface area contributed by atoms with Gasteiger partial charge in [0.05, 0.1) is 10.9 Å². The van der Waals surface area contributed by atoms with Crippen LogP contribution in [0.4, 0.5) is 10.1 Å². The van der Waals surface area contributed by atoms with Crippen molar-refractivity contribution in [2.24, 2.45) is 0 Å². The zero-order chi connectivity index (χ0) is 18.0. The first kappa shape index (κ1) is 16.6. The molecule has 25 heavy (non-hydrogen) atoms. The van der Waals surface area contributed by atoms with Crippen LogP contribution in [0, 0.1) is 12.7 Å². The van der Waals surface area contributed by atoms with E-state index in [2.05, 4.69) is 10.3 Å². The molecule has 0 saturated carbocycles. The number of carbonyl (C=O) groups excluding carboxylic acids is 1. The molecule has 128 valence electrons. The maximum absolute atomic E-state index is 13.3. The number of aryl methyl sites for hydroxylation is 2. The van der Waals surface area contributed by atoms with E-state index in [4.69, 9.17) is 0 Å². The van der Waals surface area contributed by atoms with Gasteiger partial charge in [0, 0.05) is 18.7 Å². The SMILES string of the molecule is Cc1ccc(F)cc1NC(=O)CCn1c(=O)[nH]c(=O)c2ccccc21. The molecule has 3 rings (SSSR count). The van der Waals surface area contributed by atoms with Gasteiger partial charge in [-0.3, -0.25) is 19.1 Å². The summed E-state index contributed by atoms with van der Waals surface area (Å²) in [4.78, 5) is 38.3. The second-order valence-electron chi connectivity index (χ2n) is 5.69. The zero-order valence-corrected chi connectivity index (χ0v) is 13.5. The van der Waals surface area contributed by atoms with Gasteiger partial charge in [0.15, 0.2) is 0 Å². The molecule has 0 bridgehead atoms. The Hall–Kier alpha value is -3.22. The molecule has 2 N–H and O–H groups in total. The zero-order valence-electron chi connectivity index (χ0n) is 13.5. The number of rotatable bonds is 4. The highest BCUT2D eigenvalue weighted by molar-refractivity contribution is 5.91. The Bertz CT molecular complexity index is 1070. The van der Waals surface area contributed by atoms with Gasteiger partial charge in [0.2, 0.25) is 5.91 Å². The van der Waals surface area contributed by atoms with E-state index >= 15 is 0 Å². The molecule has 2 aromatic carbocycles. The molecule has 0 unspecified atom stereocenters. The number of hydrogen-bond donors (Lipinski definition) is 2. The minimum Gasteiger partial charge on any atom is -0.326 e. The van der Waals surface area contributed by atoms with Gasteiger partial charge in [-0.05, 0) is 36.8 Å². The number of hydrogen-bond acceptors (Lipinski definition) is 3. The number of benzene rings is 2. The Kier molecular flexibility index (Phi) is 4.47. The van der Waals surface area contributed by atoms with E-state index < -0.39 is 17.1 Å². The van der Waals surface area contributed by atoms with Gasteiger partial charge in [-0.15, -0.1) is 0 Å². The standard InChI is InChI=1S/C18H16FN3O3/c1-11-6-7-12(19)10-14(11)20-16(23)8-9-22-15-5-3-2-4-13(15)17(24)21-18(22)25/h2-7,10H,8-9H2,1H3,(H,20,23)(H,21,24,25). The van der Waals surface area contributed by atoms with Crippen molar-refractivity contribution in [3.05, 3.63) is 74.7 Å². The lowest BCUT2D eigenvalue weighted by atomic mass is 10.2. The van der Waals surface area contributed by atoms with Gasteiger partial charge in [-0.1, -0.05) is 18.2 Å². The van der Waals surface area contributed by atoms with E-state index in [0.717, 1.165) is 5.56 Å². The maximum atomic E-state index is 13.3. The first-order chi connectivity index (χ1) is 12.0. The number of nitrogens with one attached hydrogen (secondary N) is 2. The fraction of sp³-hybridized carbons (Fsp3) is 0.167. The van der Waals surface area contributed by atoms with Gasteiger partial charge in [-0.2, -0.15) is 0 Å². The Morgan fingerprint density at radius 3 is 2.76 bits per heavy atom. The lowest BCUT2D eigenvalue weighted by Crippen LogP contribution is -2.31. The maximum Gasteiger partial charge on any atom is 0.328 e. The molecule has 0 aliphatic heterocycles. The molecular formula is C18H16FN3O3. The predicted octanol–water partition coefficient (Wildman–Crippen LogP) is 2.17. The summed E-state index contributed by atoms with van der Waals surface area (Å²) >= 11 is 0. The Labute approximate surface area is 141 Å². The van der Waals surface area contributed by atoms with Crippen LogP contribution in [0.2, 0.25) is 0 Å². The second kappa shape index (κ2) is 6.72. The average Bonchev–Trinajstić information content (AvgIpc) is 2.58. The molecule has 0 atom stereocenters. The molecule has 0 aliphatic rings. The number of para-hydroxylation sites is 1. The third kappa shape index (κ3) is 3.50. The minimum absolute atomic E-state index is 0.00585. The highest BCUT2D eigenvalue weighted by atomic mass is 19.1. The Morgan fingerprint density at radius 2 is 1.96 bits per heavy atom. The third-order valence-electron chi connectivity index (χ3n) is 3.94. The number of aromatic nitrogens is 2. The number of anilines is 1. The van der Waals surface area contributed by atoms with Gasteiger partial charge in [-0.25, -0.2) is 9.18 Å². The van der Waals surface area contributed by atoms with Crippen LogP contribution in [0.25, 0.3) is 10.9 Å². The fourth-order valence-corrected chi connectivity index (χ4v) is 2.62. The van der Waals surface area contributed by atoms with E-state index in [0.29, 0.717) is 16.6 Å². The quantitative estimate of drug-likeness (QED) is 0.763. The molecule has 7 heteroatoms. The number of fused-ring (bicyclic) bond motifs is 1. The third-order valence-corrected chi connectivity index (χ3v) is 3.94. The van der Waals surface area contributed by atoms with E-state index in [1.807, 2.05) is 0 Å². The first-order valence-electron chi connectivity index (χ1n) is 7.73. The summed E-state index contributed by atoms with van der Waals surface area (Å²) in [6.07, 6.45) is 0.00585. The highest BCUT2D eigenvalue weighted by Gasteiger charge is 2.10. The van der Waals surface area contributed by atoms with Crippen molar-refractivity contribution < 1.29 is 9.18 Å². The highest BCUT2D eigenvalue weighted by Crippen LogP contribution is 2.16. The largest absolute Gasteiger partial charge is 0.328 e. The molecule has 0 saturated heterocycles. The normalized spacial score (nSPS) is 10.8. The number of H-pyrrole nitrogens is 1. The molecule has 1 amide bonds. The summed E-state index contributed by atoms with van der Waals surface area (Å²) in [7, 11) is 0. The van der Waals surface area contributed by atoms with Crippen molar-refractivity contribution in [3.8, 4) is 0 Å². The molecular weight excluding hydrogens is 325 g/mol. The van der Waals surface area contributed by atoms with E-state index in [9.17, 15) is 18.8 Å². The van der Waals surface area contributed by atoms with Crippen molar-refractivity contribution in [1.82, 2.24) is 9.55 Å². The minimum atomic E-state index is -0.571. The van der Waals surface area contributed by atoms with Crippen LogP contribution in [0.1, 0.15) is 12.0 Å². The number of amides is 1. The lowest BCUT2D eigenvalue weighted by Gasteiger charge is -2.11. The number of nitrogens with zero attached hydrogens (tertiary/aromatic N) is 1. The van der Waals surface area contributed by atoms with E-state index in [1.54, 1.807) is 37.3 Å². The summed E-state index contributed by atoms with van der Waals surface area (Å²) in [6.45, 7) is 1.85. The second-order valence-corrected chi connectivity index (χ2v) is 5.69. The molecule has 3 aromatic rings. The van der Waals surface area contributed by atoms with Gasteiger partial charge in [0.1, 0.15) is 5.82 Å². The van der Waals surface area contributed by atoms with Crippen LogP contribution in [0.15, 0.2) is 52.1 Å². The van der Waals surface area contributed by atoms with E-state index in [1.165, 1.54) is 16.7 Å². The molecule has 0 aliphatic carbocycles. The average molecular weight is 341 g/mol. The van der Waals surface area contributed by atoms with Crippen molar-refractivity contribution in [1.29, 1.82) is 0 Å². The van der Waals surface area contributed by atoms with Crippen LogP contribution < -0.4 is 16.6 Å². The van der Waals surface area contributed by atoms with Crippen LogP contribution in [-0.2, 0) is 11.3 Å². The summed E-state index contributed by atoms with van der Waals surface area (Å²) in [5.74, 6) is -0.792. The lowest BCUT2D eigenvalue weighted by molar-refractivity contribution is -0.116. The van der Waals surface area contributed by atoms with Crippen molar-refractivity contribution >= 4 is 22.5 Å². The van der Waals surface area contributed by atoms with Crippen LogP contribution in [-0.4, -0.2) is 15.5 Å². The van der Waals surface area contributed by atoms with E-state index in [-0.39, 0.29) is 18.9 Å². The molecule has 1 aromatic heterocycles. The van der Waals surface area contributed by atoms with Crippen LogP contribution in [0.5, 0.6) is 0 Å². The van der Waals surface area contributed by atoms with Gasteiger partial charge in [0.25, 0.3) is 5.56 Å². The topological polar surface area (TPSA) is 84.0 Å². The number of halogens is 1. The van der Waals surface area contributed by atoms with Crippen molar-refractivity contribution in [2.45, 2.75) is 19.9 Å². The van der Waals surface area contributed by atoms with Crippen molar-refractivity contribution in [3.63, 3.8) is 0 Å². The van der Waals surface area contributed by atoms with Crippen LogP contribution >= 0.6 is 0 Å². The molecule has 0 spiro atoms. The summed E-state index contributed by atoms with van der Waals surface area (Å²) in [5, 5.41) is 3.01.